The van der Waals surface area contributed by atoms with Gasteiger partial charge in [0.2, 0.25) is 0 Å². The van der Waals surface area contributed by atoms with Crippen molar-refractivity contribution in [2.75, 3.05) is 13.7 Å². The Kier molecular flexibility index (Phi) is 5.73. The lowest BCUT2D eigenvalue weighted by Gasteiger charge is -2.08. The number of carbonyl (C=O) groups excluding carboxylic acids is 1. The molecule has 1 aliphatic rings. The van der Waals surface area contributed by atoms with E-state index in [1.54, 1.807) is 23.2 Å². The Bertz CT molecular complexity index is 822. The van der Waals surface area contributed by atoms with Crippen LogP contribution in [0.1, 0.15) is 29.3 Å². The van der Waals surface area contributed by atoms with E-state index in [9.17, 15) is 14.7 Å². The number of carbonyl (C=O) groups is 2. The highest BCUT2D eigenvalue weighted by atomic mass is 16.6. The van der Waals surface area contributed by atoms with Gasteiger partial charge in [0.05, 0.1) is 12.7 Å². The number of nitrogens with one attached hydrogen (secondary N) is 1. The van der Waals surface area contributed by atoms with E-state index in [1.807, 2.05) is 35.3 Å². The van der Waals surface area contributed by atoms with E-state index < -0.39 is 5.97 Å². The fraction of sp³-hybridized carbons (Fsp3) is 0.300. The molecule has 2 atom stereocenters. The van der Waals surface area contributed by atoms with Gasteiger partial charge in [-0.2, -0.15) is 5.01 Å². The summed E-state index contributed by atoms with van der Waals surface area (Å²) in [5, 5.41) is 16.1. The fourth-order valence-electron chi connectivity index (χ4n) is 3.09. The van der Waals surface area contributed by atoms with Crippen LogP contribution in [0.3, 0.4) is 0 Å². The molecule has 0 saturated carbocycles. The quantitative estimate of drug-likeness (QED) is 0.730. The second kappa shape index (κ2) is 8.20. The Hall–Kier alpha value is -2.90. The van der Waals surface area contributed by atoms with Crippen LogP contribution in [0.25, 0.3) is 11.1 Å². The number of aromatic carboxylic acids is 1. The SMILES string of the molecule is CCCN1C(NCc2ccc(-c3ccccc3C(=O)O)cc2)N1C(=O)OC. The second-order valence-electron chi connectivity index (χ2n) is 6.28. The van der Waals surface area contributed by atoms with Gasteiger partial charge in [-0.05, 0) is 29.2 Å². The van der Waals surface area contributed by atoms with Gasteiger partial charge in [-0.3, -0.25) is 5.32 Å². The van der Waals surface area contributed by atoms with Crippen molar-refractivity contribution >= 4 is 12.1 Å². The summed E-state index contributed by atoms with van der Waals surface area (Å²) < 4.78 is 4.79. The van der Waals surface area contributed by atoms with E-state index in [4.69, 9.17) is 4.74 Å². The van der Waals surface area contributed by atoms with Crippen molar-refractivity contribution in [3.63, 3.8) is 0 Å². The minimum atomic E-state index is -0.941. The molecule has 1 saturated heterocycles. The fourth-order valence-corrected chi connectivity index (χ4v) is 3.09. The van der Waals surface area contributed by atoms with Crippen LogP contribution >= 0.6 is 0 Å². The van der Waals surface area contributed by atoms with Gasteiger partial charge in [0.15, 0.2) is 6.29 Å². The van der Waals surface area contributed by atoms with Crippen LogP contribution in [-0.2, 0) is 11.3 Å². The van der Waals surface area contributed by atoms with Gasteiger partial charge in [0, 0.05) is 13.1 Å². The minimum Gasteiger partial charge on any atom is -0.478 e. The summed E-state index contributed by atoms with van der Waals surface area (Å²) in [5.41, 5.74) is 2.87. The van der Waals surface area contributed by atoms with Crippen LogP contribution in [0.2, 0.25) is 0 Å². The van der Waals surface area contributed by atoms with Crippen LogP contribution < -0.4 is 5.32 Å². The Morgan fingerprint density at radius 2 is 1.85 bits per heavy atom. The normalized spacial score (nSPS) is 18.2. The lowest BCUT2D eigenvalue weighted by molar-refractivity contribution is 0.0697. The molecule has 0 bridgehead atoms. The molecule has 2 N–H and O–H groups in total. The first-order valence-corrected chi connectivity index (χ1v) is 8.85. The monoisotopic (exact) mass is 369 g/mol. The first kappa shape index (κ1) is 18.9. The van der Waals surface area contributed by atoms with Crippen LogP contribution in [-0.4, -0.2) is 47.1 Å². The molecule has 1 heterocycles. The number of nitrogens with zero attached hydrogens (tertiary/aromatic N) is 2. The molecule has 27 heavy (non-hydrogen) atoms. The summed E-state index contributed by atoms with van der Waals surface area (Å²) in [6.07, 6.45) is 0.398. The smallest absolute Gasteiger partial charge is 0.426 e. The summed E-state index contributed by atoms with van der Waals surface area (Å²) in [4.78, 5) is 23.1. The predicted molar refractivity (Wildman–Crippen MR) is 101 cm³/mol. The third kappa shape index (κ3) is 4.10. The lowest BCUT2D eigenvalue weighted by Crippen LogP contribution is -2.24. The summed E-state index contributed by atoms with van der Waals surface area (Å²) >= 11 is 0. The topological polar surface area (TPSA) is 81.7 Å². The molecule has 2 aromatic rings. The van der Waals surface area contributed by atoms with Crippen molar-refractivity contribution in [1.82, 2.24) is 15.3 Å². The van der Waals surface area contributed by atoms with Crippen molar-refractivity contribution in [2.45, 2.75) is 26.2 Å². The molecular formula is C20H23N3O4. The largest absolute Gasteiger partial charge is 0.478 e. The van der Waals surface area contributed by atoms with Crippen LogP contribution in [0, 0.1) is 0 Å². The summed E-state index contributed by atoms with van der Waals surface area (Å²) in [6, 6.07) is 14.7. The maximum absolute atomic E-state index is 11.7. The summed E-state index contributed by atoms with van der Waals surface area (Å²) in [6.45, 7) is 3.41. The molecule has 2 aromatic carbocycles. The van der Waals surface area contributed by atoms with E-state index in [0.29, 0.717) is 12.1 Å². The van der Waals surface area contributed by atoms with E-state index in [2.05, 4.69) is 12.2 Å². The van der Waals surface area contributed by atoms with Crippen molar-refractivity contribution in [1.29, 1.82) is 0 Å². The summed E-state index contributed by atoms with van der Waals surface area (Å²) in [5.74, 6) is -0.941. The molecule has 1 aliphatic heterocycles. The third-order valence-corrected chi connectivity index (χ3v) is 4.46. The number of hydrogen-bond acceptors (Lipinski definition) is 5. The number of ether oxygens (including phenoxy) is 1. The number of rotatable bonds is 7. The minimum absolute atomic E-state index is 0.162. The second-order valence-corrected chi connectivity index (χ2v) is 6.28. The van der Waals surface area contributed by atoms with Gasteiger partial charge < -0.3 is 9.84 Å². The zero-order valence-corrected chi connectivity index (χ0v) is 15.4. The number of methoxy groups -OCH3 is 1. The molecule has 1 fully saturated rings. The van der Waals surface area contributed by atoms with Crippen LogP contribution in [0.4, 0.5) is 4.79 Å². The molecule has 0 aromatic heterocycles. The number of carboxylic acid groups (broad SMARTS) is 1. The summed E-state index contributed by atoms with van der Waals surface area (Å²) in [7, 11) is 1.37. The van der Waals surface area contributed by atoms with Gasteiger partial charge in [0.1, 0.15) is 0 Å². The molecule has 142 valence electrons. The van der Waals surface area contributed by atoms with Gasteiger partial charge in [-0.1, -0.05) is 49.4 Å². The number of benzene rings is 2. The molecule has 2 unspecified atom stereocenters. The zero-order chi connectivity index (χ0) is 19.4. The first-order valence-electron chi connectivity index (χ1n) is 8.85. The van der Waals surface area contributed by atoms with Crippen LogP contribution in [0.5, 0.6) is 0 Å². The highest BCUT2D eigenvalue weighted by Crippen LogP contribution is 2.27. The molecule has 0 aliphatic carbocycles. The zero-order valence-electron chi connectivity index (χ0n) is 15.4. The molecule has 7 nitrogen and oxygen atoms in total. The Balaban J connectivity index is 1.65. The van der Waals surface area contributed by atoms with E-state index in [1.165, 1.54) is 7.11 Å². The average Bonchev–Trinajstić information content (AvgIpc) is 3.38. The third-order valence-electron chi connectivity index (χ3n) is 4.46. The molecular weight excluding hydrogens is 346 g/mol. The average molecular weight is 369 g/mol. The Morgan fingerprint density at radius 3 is 2.48 bits per heavy atom. The molecule has 7 heteroatoms. The Labute approximate surface area is 158 Å². The Morgan fingerprint density at radius 1 is 1.15 bits per heavy atom. The molecule has 0 spiro atoms. The maximum atomic E-state index is 11.7. The van der Waals surface area contributed by atoms with Gasteiger partial charge in [0.25, 0.3) is 0 Å². The maximum Gasteiger partial charge on any atom is 0.426 e. The van der Waals surface area contributed by atoms with Gasteiger partial charge in [-0.15, -0.1) is 0 Å². The highest BCUT2D eigenvalue weighted by Gasteiger charge is 2.49. The number of hydrazine groups is 1. The van der Waals surface area contributed by atoms with E-state index >= 15 is 0 Å². The highest BCUT2D eigenvalue weighted by molar-refractivity contribution is 5.95. The van der Waals surface area contributed by atoms with Crippen LogP contribution in [0.15, 0.2) is 48.5 Å². The van der Waals surface area contributed by atoms with E-state index in [0.717, 1.165) is 24.1 Å². The standard InChI is InChI=1S/C20H23N3O4/c1-3-12-22-19(23(22)20(26)27-2)21-13-14-8-10-15(11-9-14)16-6-4-5-7-17(16)18(24)25/h4-11,19,21H,3,12-13H2,1-2H3,(H,24,25). The van der Waals surface area contributed by atoms with Crippen molar-refractivity contribution in [3.05, 3.63) is 59.7 Å². The van der Waals surface area contributed by atoms with Crippen molar-refractivity contribution in [3.8, 4) is 11.1 Å². The predicted octanol–water partition coefficient (Wildman–Crippen LogP) is 3.13. The first-order chi connectivity index (χ1) is 13.1. The molecule has 1 amide bonds. The number of hydrogen-bond donors (Lipinski definition) is 2. The molecule has 0 radical (unpaired) electrons. The van der Waals surface area contributed by atoms with Gasteiger partial charge in [-0.25, -0.2) is 14.6 Å². The number of carboxylic acids is 1. The van der Waals surface area contributed by atoms with Crippen molar-refractivity contribution in [2.24, 2.45) is 0 Å². The lowest BCUT2D eigenvalue weighted by atomic mass is 9.99. The van der Waals surface area contributed by atoms with Crippen molar-refractivity contribution < 1.29 is 19.4 Å². The van der Waals surface area contributed by atoms with Gasteiger partial charge >= 0.3 is 12.1 Å². The molecule has 3 rings (SSSR count). The number of amides is 1. The van der Waals surface area contributed by atoms with E-state index in [-0.39, 0.29) is 17.9 Å².